The lowest BCUT2D eigenvalue weighted by Crippen LogP contribution is -2.37. The molecule has 0 bridgehead atoms. The van der Waals surface area contributed by atoms with Gasteiger partial charge in [0.1, 0.15) is 22.7 Å². The van der Waals surface area contributed by atoms with Crippen LogP contribution in [0.5, 0.6) is 0 Å². The summed E-state index contributed by atoms with van der Waals surface area (Å²) in [5, 5.41) is 3.79. The Labute approximate surface area is 389 Å². The molecule has 322 valence electrons. The largest absolute Gasteiger partial charge is 0.482 e. The SMILES string of the molecule is O=C1C(=Cc2cc3c(s2)C2=CC4C=C5OC6(CCCCC6)c6cc(C=C7C(=O)c8cc9ccccc9cc8C7=O)sc6C5=CC4C=C2OC32CCCCC2)C(=O)c2cc3ccccc3cc21. The van der Waals surface area contributed by atoms with Gasteiger partial charge < -0.3 is 9.47 Å². The Bertz CT molecular complexity index is 3130. The summed E-state index contributed by atoms with van der Waals surface area (Å²) in [5.41, 5.74) is 5.86. The Morgan fingerprint density at radius 3 is 1.15 bits per heavy atom. The number of ether oxygens (including phenoxy) is 2. The molecule has 8 heteroatoms. The summed E-state index contributed by atoms with van der Waals surface area (Å²) in [6, 6.07) is 27.5. The summed E-state index contributed by atoms with van der Waals surface area (Å²) in [6.45, 7) is 0. The number of allylic oxidation sites excluding steroid dienone is 8. The highest BCUT2D eigenvalue weighted by atomic mass is 32.1. The number of fused-ring (bicyclic) bond motifs is 13. The molecule has 6 aliphatic carbocycles. The topological polar surface area (TPSA) is 86.7 Å². The highest BCUT2D eigenvalue weighted by molar-refractivity contribution is 7.14. The fourth-order valence-electron chi connectivity index (χ4n) is 12.3. The lowest BCUT2D eigenvalue weighted by Gasteiger charge is -2.46. The van der Waals surface area contributed by atoms with Crippen molar-refractivity contribution in [2.45, 2.75) is 75.4 Å². The normalized spacial score (nSPS) is 22.8. The average molecular weight is 899 g/mol. The third-order valence-corrected chi connectivity index (χ3v) is 17.8. The van der Waals surface area contributed by atoms with Gasteiger partial charge in [-0.3, -0.25) is 19.2 Å². The molecule has 4 aromatic carbocycles. The molecule has 6 aromatic rings. The fourth-order valence-corrected chi connectivity index (χ4v) is 14.7. The molecule has 14 rings (SSSR count). The number of benzene rings is 4. The molecule has 2 unspecified atom stereocenters. The van der Waals surface area contributed by atoms with Gasteiger partial charge in [0.2, 0.25) is 0 Å². The maximum absolute atomic E-state index is 13.9. The van der Waals surface area contributed by atoms with Gasteiger partial charge in [0.25, 0.3) is 0 Å². The van der Waals surface area contributed by atoms with E-state index >= 15 is 0 Å². The predicted octanol–water partition coefficient (Wildman–Crippen LogP) is 13.9. The first kappa shape index (κ1) is 38.8. The summed E-state index contributed by atoms with van der Waals surface area (Å²) < 4.78 is 14.5. The van der Waals surface area contributed by atoms with Gasteiger partial charge in [-0.1, -0.05) is 73.5 Å². The zero-order valence-electron chi connectivity index (χ0n) is 36.0. The van der Waals surface area contributed by atoms with E-state index in [1.54, 1.807) is 22.7 Å². The molecule has 4 heterocycles. The Kier molecular flexibility index (Phi) is 8.23. The van der Waals surface area contributed by atoms with Crippen LogP contribution in [0, 0.1) is 11.8 Å². The summed E-state index contributed by atoms with van der Waals surface area (Å²) in [5.74, 6) is 0.987. The molecular formula is C58H42O6S2. The number of ketones is 4. The van der Waals surface area contributed by atoms with E-state index in [0.29, 0.717) is 22.3 Å². The summed E-state index contributed by atoms with van der Waals surface area (Å²) in [4.78, 5) is 59.6. The fraction of sp³-hybridized carbons (Fsp3) is 0.241. The molecule has 2 saturated carbocycles. The third-order valence-electron chi connectivity index (χ3n) is 15.6. The quantitative estimate of drug-likeness (QED) is 0.127. The van der Waals surface area contributed by atoms with Crippen LogP contribution in [0.2, 0.25) is 0 Å². The molecule has 6 nitrogen and oxygen atoms in total. The first-order valence-electron chi connectivity index (χ1n) is 23.5. The van der Waals surface area contributed by atoms with Gasteiger partial charge in [-0.15, -0.1) is 22.7 Å². The Morgan fingerprint density at radius 1 is 0.455 bits per heavy atom. The van der Waals surface area contributed by atoms with E-state index in [2.05, 4.69) is 36.4 Å². The monoisotopic (exact) mass is 898 g/mol. The van der Waals surface area contributed by atoms with E-state index in [-0.39, 0.29) is 46.1 Å². The van der Waals surface area contributed by atoms with Gasteiger partial charge in [-0.2, -0.15) is 0 Å². The lowest BCUT2D eigenvalue weighted by molar-refractivity contribution is -0.0339. The molecule has 2 aromatic heterocycles. The molecule has 2 spiro atoms. The zero-order valence-corrected chi connectivity index (χ0v) is 37.7. The van der Waals surface area contributed by atoms with Crippen LogP contribution in [-0.4, -0.2) is 23.1 Å². The van der Waals surface area contributed by atoms with Gasteiger partial charge in [0, 0.05) is 75.9 Å². The van der Waals surface area contributed by atoms with E-state index in [4.69, 9.17) is 9.47 Å². The van der Waals surface area contributed by atoms with Crippen LogP contribution in [0.25, 0.3) is 44.8 Å². The van der Waals surface area contributed by atoms with Crippen LogP contribution >= 0.6 is 22.7 Å². The van der Waals surface area contributed by atoms with E-state index in [9.17, 15) is 19.2 Å². The van der Waals surface area contributed by atoms with Gasteiger partial charge in [0.05, 0.1) is 11.1 Å². The minimum atomic E-state index is -0.476. The molecule has 0 radical (unpaired) electrons. The number of carbonyl (C=O) groups excluding carboxylic acids is 4. The second kappa shape index (κ2) is 14.0. The summed E-state index contributed by atoms with van der Waals surface area (Å²) >= 11 is 3.31. The maximum atomic E-state index is 13.9. The number of rotatable bonds is 2. The van der Waals surface area contributed by atoms with E-state index < -0.39 is 11.2 Å². The Balaban J connectivity index is 0.840. The number of carbonyl (C=O) groups is 4. The number of Topliss-reactive ketones (excluding diaryl/α,β-unsaturated/α-hetero) is 4. The van der Waals surface area contributed by atoms with Crippen LogP contribution in [0.3, 0.4) is 0 Å². The number of thiophene rings is 2. The van der Waals surface area contributed by atoms with Gasteiger partial charge in [-0.25, -0.2) is 0 Å². The van der Waals surface area contributed by atoms with Crippen molar-refractivity contribution < 1.29 is 28.7 Å². The van der Waals surface area contributed by atoms with Crippen molar-refractivity contribution in [3.05, 3.63) is 185 Å². The highest BCUT2D eigenvalue weighted by Crippen LogP contribution is 2.59. The first-order valence-corrected chi connectivity index (χ1v) is 25.1. The van der Waals surface area contributed by atoms with Crippen LogP contribution < -0.4 is 0 Å². The van der Waals surface area contributed by atoms with Crippen LogP contribution in [-0.2, 0) is 20.7 Å². The maximum Gasteiger partial charge on any atom is 0.197 e. The van der Waals surface area contributed by atoms with Crippen molar-refractivity contribution in [3.63, 3.8) is 0 Å². The standard InChI is InChI=1S/C58H42O6S2/c59-51-39-19-31-11-3-4-12-32(31)20-40(39)52(60)45(51)27-37-29-47-55(65-37)43-23-36-26-50-44(24-35(36)25-49(43)63-57(47)15-7-1-8-16-57)56-48(58(64-50)17-9-2-10-18-58)30-38(66-56)28-46-53(61)41-21-33-13-5-6-14-34(33)22-42(41)54(46)62/h3-6,11-14,19-30,35-36H,1-2,7-10,15-18H2. The van der Waals surface area contributed by atoms with Gasteiger partial charge in [0.15, 0.2) is 23.1 Å². The molecule has 8 aliphatic rings. The molecule has 2 atom stereocenters. The molecule has 0 N–H and O–H groups in total. The second-order valence-corrected chi connectivity index (χ2v) is 21.6. The van der Waals surface area contributed by atoms with Crippen molar-refractivity contribution >= 4 is 90.6 Å². The van der Waals surface area contributed by atoms with Crippen molar-refractivity contribution in [2.24, 2.45) is 11.8 Å². The van der Waals surface area contributed by atoms with Gasteiger partial charge in [-0.05, 0) is 134 Å². The van der Waals surface area contributed by atoms with Crippen molar-refractivity contribution in [3.8, 4) is 0 Å². The second-order valence-electron chi connectivity index (χ2n) is 19.4. The Hall–Kier alpha value is -6.48. The van der Waals surface area contributed by atoms with Crippen LogP contribution in [0.4, 0.5) is 0 Å². The van der Waals surface area contributed by atoms with Crippen LogP contribution in [0.15, 0.2) is 132 Å². The van der Waals surface area contributed by atoms with Gasteiger partial charge >= 0.3 is 0 Å². The predicted molar refractivity (Wildman–Crippen MR) is 261 cm³/mol. The molecular weight excluding hydrogens is 857 g/mol. The van der Waals surface area contributed by atoms with E-state index in [0.717, 1.165) is 126 Å². The van der Waals surface area contributed by atoms with E-state index in [1.807, 2.05) is 84.9 Å². The minimum Gasteiger partial charge on any atom is -0.482 e. The third kappa shape index (κ3) is 5.58. The average Bonchev–Trinajstić information content (AvgIpc) is 4.09. The summed E-state index contributed by atoms with van der Waals surface area (Å²) in [7, 11) is 0. The molecule has 2 aliphatic heterocycles. The molecule has 0 amide bonds. The minimum absolute atomic E-state index is 0.0244. The summed E-state index contributed by atoms with van der Waals surface area (Å²) in [6.07, 6.45) is 23.2. The highest BCUT2D eigenvalue weighted by Gasteiger charge is 2.49. The molecule has 0 saturated heterocycles. The first-order chi connectivity index (χ1) is 32.2. The molecule has 2 fully saturated rings. The van der Waals surface area contributed by atoms with Crippen molar-refractivity contribution in [1.82, 2.24) is 0 Å². The van der Waals surface area contributed by atoms with Crippen LogP contribution in [0.1, 0.15) is 136 Å². The van der Waals surface area contributed by atoms with Crippen molar-refractivity contribution in [2.75, 3.05) is 0 Å². The Morgan fingerprint density at radius 2 is 0.803 bits per heavy atom. The smallest absolute Gasteiger partial charge is 0.197 e. The molecule has 66 heavy (non-hydrogen) atoms. The zero-order chi connectivity index (χ0) is 44.1. The lowest BCUT2D eigenvalue weighted by atomic mass is 9.72. The number of hydrogen-bond acceptors (Lipinski definition) is 8. The van der Waals surface area contributed by atoms with Crippen molar-refractivity contribution in [1.29, 1.82) is 0 Å². The number of hydrogen-bond donors (Lipinski definition) is 0. The van der Waals surface area contributed by atoms with E-state index in [1.165, 1.54) is 12.8 Å².